The van der Waals surface area contributed by atoms with Crippen LogP contribution in [0.25, 0.3) is 17.1 Å². The van der Waals surface area contributed by atoms with Crippen LogP contribution in [-0.2, 0) is 6.42 Å². The summed E-state index contributed by atoms with van der Waals surface area (Å²) in [7, 11) is 0. The average Bonchev–Trinajstić information content (AvgIpc) is 2.88. The molecule has 1 N–H and O–H groups in total. The van der Waals surface area contributed by atoms with Gasteiger partial charge in [-0.15, -0.1) is 0 Å². The number of benzene rings is 1. The molecule has 0 unspecified atom stereocenters. The van der Waals surface area contributed by atoms with Crippen LogP contribution in [0.15, 0.2) is 29.8 Å². The van der Waals surface area contributed by atoms with Crippen molar-refractivity contribution in [1.29, 1.82) is 0 Å². The van der Waals surface area contributed by atoms with Crippen LogP contribution >= 0.6 is 0 Å². The Balaban J connectivity index is 1.86. The molecular weight excluding hydrogens is 260 g/mol. The first kappa shape index (κ1) is 12.0. The normalized spacial score (nSPS) is 27.6. The van der Waals surface area contributed by atoms with Crippen LogP contribution in [0.3, 0.4) is 0 Å². The van der Waals surface area contributed by atoms with Gasteiger partial charge in [-0.05, 0) is 43.0 Å². The lowest BCUT2D eigenvalue weighted by Gasteiger charge is -2.47. The van der Waals surface area contributed by atoms with E-state index in [1.165, 1.54) is 48.1 Å². The third kappa shape index (κ3) is 1.46. The van der Waals surface area contributed by atoms with E-state index >= 15 is 0 Å². The molecule has 0 aliphatic carbocycles. The maximum Gasteiger partial charge on any atom is 0.0662 e. The largest absolute Gasteiger partial charge is 0.392 e. The molecule has 3 aliphatic heterocycles. The van der Waals surface area contributed by atoms with Crippen LogP contribution in [0.1, 0.15) is 30.1 Å². The molecule has 3 nitrogen and oxygen atoms in total. The summed E-state index contributed by atoms with van der Waals surface area (Å²) in [6, 6.07) is 9.23. The molecule has 1 aromatic heterocycles. The number of fused-ring (bicyclic) bond motifs is 3. The van der Waals surface area contributed by atoms with Gasteiger partial charge >= 0.3 is 0 Å². The molecule has 1 aromatic carbocycles. The second-order valence-corrected chi connectivity index (χ2v) is 6.59. The zero-order valence-electron chi connectivity index (χ0n) is 12.1. The molecule has 5 rings (SSSR count). The molecule has 0 spiro atoms. The fourth-order valence-corrected chi connectivity index (χ4v) is 4.82. The number of nitrogens with zero attached hydrogens (tertiary/aromatic N) is 2. The van der Waals surface area contributed by atoms with E-state index < -0.39 is 0 Å². The fraction of sp³-hybridized carbons (Fsp3) is 0.444. The Morgan fingerprint density at radius 3 is 3.00 bits per heavy atom. The first-order valence-electron chi connectivity index (χ1n) is 8.05. The SMILES string of the molecule is OCC1=Cn2c3c(c4ccccc42)CCN2CCC[C@H]1[C@H]32. The number of rotatable bonds is 1. The lowest BCUT2D eigenvalue weighted by molar-refractivity contribution is 0.0868. The van der Waals surface area contributed by atoms with Gasteiger partial charge in [0.1, 0.15) is 0 Å². The fourth-order valence-electron chi connectivity index (χ4n) is 4.82. The number of piperidine rings is 1. The van der Waals surface area contributed by atoms with Crippen LogP contribution in [-0.4, -0.2) is 34.3 Å². The van der Waals surface area contributed by atoms with Crippen molar-refractivity contribution in [2.45, 2.75) is 25.3 Å². The molecule has 2 atom stereocenters. The van der Waals surface area contributed by atoms with Crippen molar-refractivity contribution in [3.05, 3.63) is 41.1 Å². The molecular formula is C18H20N2O. The van der Waals surface area contributed by atoms with Gasteiger partial charge in [-0.3, -0.25) is 4.90 Å². The Labute approximate surface area is 124 Å². The lowest BCUT2D eigenvalue weighted by Crippen LogP contribution is -2.46. The standard InChI is InChI=1S/C18H20N2O/c21-11-12-10-20-16-6-2-1-4-14(16)15-7-9-19-8-3-5-13(12)17(19)18(15)20/h1-2,4,6,10,13,17,21H,3,5,7-9,11H2/t13-,17-/m1/s1. The smallest absolute Gasteiger partial charge is 0.0662 e. The molecule has 3 aliphatic rings. The zero-order valence-corrected chi connectivity index (χ0v) is 12.1. The van der Waals surface area contributed by atoms with Crippen LogP contribution in [0.5, 0.6) is 0 Å². The molecule has 1 saturated heterocycles. The number of aliphatic hydroxyl groups excluding tert-OH is 1. The van der Waals surface area contributed by atoms with Crippen LogP contribution < -0.4 is 0 Å². The number of hydrogen-bond donors (Lipinski definition) is 1. The van der Waals surface area contributed by atoms with E-state index in [4.69, 9.17) is 0 Å². The number of aliphatic hydroxyl groups is 1. The first-order chi connectivity index (χ1) is 10.4. The van der Waals surface area contributed by atoms with E-state index in [1.807, 2.05) is 0 Å². The highest BCUT2D eigenvalue weighted by Crippen LogP contribution is 2.49. The first-order valence-corrected chi connectivity index (χ1v) is 8.05. The van der Waals surface area contributed by atoms with Gasteiger partial charge < -0.3 is 9.67 Å². The van der Waals surface area contributed by atoms with Gasteiger partial charge in [-0.2, -0.15) is 0 Å². The quantitative estimate of drug-likeness (QED) is 0.870. The summed E-state index contributed by atoms with van der Waals surface area (Å²) in [5.41, 5.74) is 5.57. The Morgan fingerprint density at radius 1 is 1.19 bits per heavy atom. The summed E-state index contributed by atoms with van der Waals surface area (Å²) in [6.45, 7) is 2.57. The van der Waals surface area contributed by atoms with Crippen molar-refractivity contribution in [3.8, 4) is 0 Å². The Hall–Kier alpha value is -1.58. The van der Waals surface area contributed by atoms with Crippen molar-refractivity contribution in [2.75, 3.05) is 19.7 Å². The van der Waals surface area contributed by atoms with Gasteiger partial charge in [-0.1, -0.05) is 18.2 Å². The average molecular weight is 280 g/mol. The second kappa shape index (κ2) is 4.21. The summed E-state index contributed by atoms with van der Waals surface area (Å²) in [4.78, 5) is 2.65. The van der Waals surface area contributed by atoms with Crippen molar-refractivity contribution in [1.82, 2.24) is 9.47 Å². The van der Waals surface area contributed by atoms with Crippen LogP contribution in [0.2, 0.25) is 0 Å². The molecule has 3 heteroatoms. The molecule has 0 amide bonds. The molecule has 108 valence electrons. The van der Waals surface area contributed by atoms with E-state index in [0.717, 1.165) is 6.42 Å². The molecule has 0 bridgehead atoms. The maximum absolute atomic E-state index is 9.84. The summed E-state index contributed by atoms with van der Waals surface area (Å²) in [6.07, 6.45) is 5.86. The van der Waals surface area contributed by atoms with Crippen molar-refractivity contribution >= 4 is 17.1 Å². The Bertz CT molecular complexity index is 758. The lowest BCUT2D eigenvalue weighted by atomic mass is 9.77. The highest BCUT2D eigenvalue weighted by atomic mass is 16.3. The van der Waals surface area contributed by atoms with E-state index in [9.17, 15) is 5.11 Å². The number of hydrogen-bond acceptors (Lipinski definition) is 2. The summed E-state index contributed by atoms with van der Waals surface area (Å²) in [5.74, 6) is 0.514. The van der Waals surface area contributed by atoms with Crippen LogP contribution in [0, 0.1) is 5.92 Å². The monoisotopic (exact) mass is 280 g/mol. The van der Waals surface area contributed by atoms with Crippen molar-refractivity contribution in [3.63, 3.8) is 0 Å². The van der Waals surface area contributed by atoms with Gasteiger partial charge in [0.05, 0.1) is 18.2 Å². The van der Waals surface area contributed by atoms with E-state index in [-0.39, 0.29) is 6.61 Å². The summed E-state index contributed by atoms with van der Waals surface area (Å²) >= 11 is 0. The zero-order chi connectivity index (χ0) is 14.0. The van der Waals surface area contributed by atoms with Gasteiger partial charge in [0.15, 0.2) is 0 Å². The van der Waals surface area contributed by atoms with E-state index in [1.54, 1.807) is 5.56 Å². The van der Waals surface area contributed by atoms with Crippen LogP contribution in [0.4, 0.5) is 0 Å². The molecule has 21 heavy (non-hydrogen) atoms. The minimum atomic E-state index is 0.191. The highest BCUT2D eigenvalue weighted by molar-refractivity contribution is 5.88. The topological polar surface area (TPSA) is 28.4 Å². The predicted molar refractivity (Wildman–Crippen MR) is 84.0 cm³/mol. The third-order valence-corrected chi connectivity index (χ3v) is 5.68. The maximum atomic E-state index is 9.84. The highest BCUT2D eigenvalue weighted by Gasteiger charge is 2.42. The van der Waals surface area contributed by atoms with Crippen molar-refractivity contribution < 1.29 is 5.11 Å². The number of para-hydroxylation sites is 1. The number of aromatic nitrogens is 1. The predicted octanol–water partition coefficient (Wildman–Crippen LogP) is 2.80. The van der Waals surface area contributed by atoms with Gasteiger partial charge in [0, 0.05) is 29.7 Å². The molecule has 1 fully saturated rings. The molecule has 0 saturated carbocycles. The summed E-state index contributed by atoms with van der Waals surface area (Å²) in [5, 5.41) is 11.2. The second-order valence-electron chi connectivity index (χ2n) is 6.59. The molecule has 2 aromatic rings. The third-order valence-electron chi connectivity index (χ3n) is 5.68. The minimum Gasteiger partial charge on any atom is -0.392 e. The molecule has 0 radical (unpaired) electrons. The van der Waals surface area contributed by atoms with E-state index in [2.05, 4.69) is 39.9 Å². The minimum absolute atomic E-state index is 0.191. The molecule has 4 heterocycles. The van der Waals surface area contributed by atoms with Gasteiger partial charge in [0.25, 0.3) is 0 Å². The van der Waals surface area contributed by atoms with Crippen molar-refractivity contribution in [2.24, 2.45) is 5.92 Å². The Kier molecular flexibility index (Phi) is 2.41. The van der Waals surface area contributed by atoms with Gasteiger partial charge in [-0.25, -0.2) is 0 Å². The van der Waals surface area contributed by atoms with Gasteiger partial charge in [0.2, 0.25) is 0 Å². The Morgan fingerprint density at radius 2 is 2.10 bits per heavy atom. The van der Waals surface area contributed by atoms with E-state index in [0.29, 0.717) is 12.0 Å². The summed E-state index contributed by atoms with van der Waals surface area (Å²) < 4.78 is 2.37.